The van der Waals surface area contributed by atoms with E-state index in [1.807, 2.05) is 20.8 Å². The monoisotopic (exact) mass is 206 g/mol. The van der Waals surface area contributed by atoms with Crippen molar-refractivity contribution in [1.29, 1.82) is 0 Å². The molecule has 0 aliphatic rings. The van der Waals surface area contributed by atoms with Crippen molar-refractivity contribution in [2.24, 2.45) is 0 Å². The fourth-order valence-corrected chi connectivity index (χ4v) is 1.29. The van der Waals surface area contributed by atoms with Crippen LogP contribution in [0.25, 0.3) is 0 Å². The zero-order valence-corrected chi connectivity index (χ0v) is 9.79. The third-order valence-corrected chi connectivity index (χ3v) is 2.69. The second kappa shape index (κ2) is 4.91. The van der Waals surface area contributed by atoms with Crippen LogP contribution in [0.5, 0.6) is 0 Å². The van der Waals surface area contributed by atoms with Gasteiger partial charge in [0.25, 0.3) is 5.91 Å². The number of amides is 1. The molecule has 0 spiro atoms. The lowest BCUT2D eigenvalue weighted by atomic mass is 10.1. The molecule has 3 heteroatoms. The van der Waals surface area contributed by atoms with Crippen molar-refractivity contribution in [3.05, 3.63) is 29.1 Å². The Balaban J connectivity index is 2.87. The summed E-state index contributed by atoms with van der Waals surface area (Å²) in [6.45, 7) is 7.89. The van der Waals surface area contributed by atoms with Crippen molar-refractivity contribution in [2.75, 3.05) is 0 Å². The van der Waals surface area contributed by atoms with Crippen LogP contribution >= 0.6 is 0 Å². The molecule has 0 radical (unpaired) electrons. The first-order valence-electron chi connectivity index (χ1n) is 5.29. The molecular weight excluding hydrogens is 188 g/mol. The van der Waals surface area contributed by atoms with Crippen molar-refractivity contribution < 1.29 is 4.79 Å². The molecule has 0 fully saturated rings. The van der Waals surface area contributed by atoms with Crippen LogP contribution in [-0.4, -0.2) is 16.9 Å². The topological polar surface area (TPSA) is 42.0 Å². The average molecular weight is 206 g/mol. The molecule has 1 atom stereocenters. The lowest BCUT2D eigenvalue weighted by Crippen LogP contribution is -2.32. The number of nitrogens with one attached hydrogen (secondary N) is 1. The lowest BCUT2D eigenvalue weighted by molar-refractivity contribution is 0.0938. The molecule has 1 N–H and O–H groups in total. The number of pyridine rings is 1. The minimum absolute atomic E-state index is 0.00708. The highest BCUT2D eigenvalue weighted by molar-refractivity contribution is 5.95. The number of carbonyl (C=O) groups excluding carboxylic acids is 1. The quantitative estimate of drug-likeness (QED) is 0.824. The van der Waals surface area contributed by atoms with Crippen LogP contribution in [0, 0.1) is 13.8 Å². The molecule has 0 aliphatic carbocycles. The Kier molecular flexibility index (Phi) is 3.83. The maximum Gasteiger partial charge on any atom is 0.251 e. The Morgan fingerprint density at radius 3 is 2.80 bits per heavy atom. The van der Waals surface area contributed by atoms with E-state index in [1.165, 1.54) is 0 Å². The number of hydrogen-bond donors (Lipinski definition) is 1. The Bertz CT molecular complexity index is 361. The molecule has 15 heavy (non-hydrogen) atoms. The van der Waals surface area contributed by atoms with Crippen molar-refractivity contribution >= 4 is 5.91 Å². The fourth-order valence-electron chi connectivity index (χ4n) is 1.29. The molecule has 3 nitrogen and oxygen atoms in total. The van der Waals surface area contributed by atoms with Crippen LogP contribution in [0.4, 0.5) is 0 Å². The smallest absolute Gasteiger partial charge is 0.251 e. The summed E-state index contributed by atoms with van der Waals surface area (Å²) >= 11 is 0. The van der Waals surface area contributed by atoms with E-state index in [0.717, 1.165) is 23.2 Å². The van der Waals surface area contributed by atoms with E-state index in [1.54, 1.807) is 12.3 Å². The highest BCUT2D eigenvalue weighted by atomic mass is 16.1. The lowest BCUT2D eigenvalue weighted by Gasteiger charge is -2.13. The van der Waals surface area contributed by atoms with E-state index in [2.05, 4.69) is 17.2 Å². The molecule has 1 rings (SSSR count). The minimum atomic E-state index is -0.00708. The van der Waals surface area contributed by atoms with Gasteiger partial charge in [-0.2, -0.15) is 0 Å². The second-order valence-electron chi connectivity index (χ2n) is 3.85. The highest BCUT2D eigenvalue weighted by Gasteiger charge is 2.12. The van der Waals surface area contributed by atoms with Crippen LogP contribution in [0.2, 0.25) is 0 Å². The van der Waals surface area contributed by atoms with Crippen LogP contribution in [0.1, 0.15) is 41.9 Å². The van der Waals surface area contributed by atoms with Gasteiger partial charge in [-0.15, -0.1) is 0 Å². The van der Waals surface area contributed by atoms with Crippen molar-refractivity contribution in [2.45, 2.75) is 40.2 Å². The summed E-state index contributed by atoms with van der Waals surface area (Å²) in [5, 5.41) is 2.95. The van der Waals surface area contributed by atoms with Gasteiger partial charge in [-0.3, -0.25) is 9.78 Å². The summed E-state index contributed by atoms with van der Waals surface area (Å²) in [6.07, 6.45) is 2.61. The van der Waals surface area contributed by atoms with Gasteiger partial charge in [-0.1, -0.05) is 6.92 Å². The van der Waals surface area contributed by atoms with Crippen LogP contribution < -0.4 is 5.32 Å². The summed E-state index contributed by atoms with van der Waals surface area (Å²) < 4.78 is 0. The molecule has 0 saturated heterocycles. The van der Waals surface area contributed by atoms with E-state index in [-0.39, 0.29) is 11.9 Å². The average Bonchev–Trinajstić information content (AvgIpc) is 2.21. The fraction of sp³-hybridized carbons (Fsp3) is 0.500. The van der Waals surface area contributed by atoms with E-state index < -0.39 is 0 Å². The molecule has 0 bridgehead atoms. The molecule has 0 aliphatic heterocycles. The van der Waals surface area contributed by atoms with Crippen LogP contribution in [-0.2, 0) is 0 Å². The number of hydrogen-bond acceptors (Lipinski definition) is 2. The van der Waals surface area contributed by atoms with Gasteiger partial charge in [0, 0.05) is 23.5 Å². The molecule has 1 aromatic heterocycles. The van der Waals surface area contributed by atoms with Crippen LogP contribution in [0.15, 0.2) is 12.3 Å². The minimum Gasteiger partial charge on any atom is -0.350 e. The summed E-state index contributed by atoms with van der Waals surface area (Å²) in [7, 11) is 0. The number of nitrogens with zero attached hydrogens (tertiary/aromatic N) is 1. The zero-order valence-electron chi connectivity index (χ0n) is 9.79. The summed E-state index contributed by atoms with van der Waals surface area (Å²) in [5.74, 6) is -0.00708. The van der Waals surface area contributed by atoms with E-state index in [0.29, 0.717) is 0 Å². The van der Waals surface area contributed by atoms with E-state index in [9.17, 15) is 4.79 Å². The van der Waals surface area contributed by atoms with Crippen LogP contribution in [0.3, 0.4) is 0 Å². The predicted molar refractivity (Wildman–Crippen MR) is 60.9 cm³/mol. The van der Waals surface area contributed by atoms with Gasteiger partial charge < -0.3 is 5.32 Å². The second-order valence-corrected chi connectivity index (χ2v) is 3.85. The molecule has 1 unspecified atom stereocenters. The van der Waals surface area contributed by atoms with Gasteiger partial charge in [0.1, 0.15) is 0 Å². The van der Waals surface area contributed by atoms with Gasteiger partial charge in [-0.05, 0) is 38.8 Å². The standard InChI is InChI=1S/C12H18N2O/c1-5-8(2)14-12(15)11-6-7-13-10(4)9(11)3/h6-8H,5H2,1-4H3,(H,14,15). The van der Waals surface area contributed by atoms with E-state index >= 15 is 0 Å². The Hall–Kier alpha value is -1.38. The van der Waals surface area contributed by atoms with Gasteiger partial charge in [0.05, 0.1) is 0 Å². The number of carbonyl (C=O) groups is 1. The Labute approximate surface area is 90.9 Å². The number of aromatic nitrogens is 1. The Morgan fingerprint density at radius 1 is 1.53 bits per heavy atom. The molecular formula is C12H18N2O. The summed E-state index contributed by atoms with van der Waals surface area (Å²) in [5.41, 5.74) is 2.59. The van der Waals surface area contributed by atoms with Gasteiger partial charge in [0.2, 0.25) is 0 Å². The van der Waals surface area contributed by atoms with Crippen molar-refractivity contribution in [3.8, 4) is 0 Å². The first kappa shape index (κ1) is 11.7. The molecule has 82 valence electrons. The van der Waals surface area contributed by atoms with Crippen molar-refractivity contribution in [1.82, 2.24) is 10.3 Å². The maximum atomic E-state index is 11.8. The third kappa shape index (κ3) is 2.78. The number of rotatable bonds is 3. The maximum absolute atomic E-state index is 11.8. The SMILES string of the molecule is CCC(C)NC(=O)c1ccnc(C)c1C. The van der Waals surface area contributed by atoms with E-state index in [4.69, 9.17) is 0 Å². The first-order valence-corrected chi connectivity index (χ1v) is 5.29. The largest absolute Gasteiger partial charge is 0.350 e. The molecule has 0 saturated carbocycles. The normalized spacial score (nSPS) is 12.3. The summed E-state index contributed by atoms with van der Waals surface area (Å²) in [6, 6.07) is 1.98. The molecule has 1 heterocycles. The third-order valence-electron chi connectivity index (χ3n) is 2.69. The molecule has 0 aromatic carbocycles. The Morgan fingerprint density at radius 2 is 2.20 bits per heavy atom. The molecule has 1 aromatic rings. The first-order chi connectivity index (χ1) is 7.06. The zero-order chi connectivity index (χ0) is 11.4. The van der Waals surface area contributed by atoms with Crippen molar-refractivity contribution in [3.63, 3.8) is 0 Å². The van der Waals surface area contributed by atoms with Gasteiger partial charge in [-0.25, -0.2) is 0 Å². The van der Waals surface area contributed by atoms with Gasteiger partial charge in [0.15, 0.2) is 0 Å². The van der Waals surface area contributed by atoms with Gasteiger partial charge >= 0.3 is 0 Å². The number of aryl methyl sites for hydroxylation is 1. The molecule has 1 amide bonds. The summed E-state index contributed by atoms with van der Waals surface area (Å²) in [4.78, 5) is 16.0. The predicted octanol–water partition coefficient (Wildman–Crippen LogP) is 2.23. The highest BCUT2D eigenvalue weighted by Crippen LogP contribution is 2.10.